The van der Waals surface area contributed by atoms with E-state index in [2.05, 4.69) is 15.1 Å². The zero-order valence-corrected chi connectivity index (χ0v) is 11.6. The molecule has 2 N–H and O–H groups in total. The van der Waals surface area contributed by atoms with E-state index in [-0.39, 0.29) is 18.2 Å². The quantitative estimate of drug-likeness (QED) is 0.683. The molecule has 8 heteroatoms. The molecule has 1 rings (SSSR count). The summed E-state index contributed by atoms with van der Waals surface area (Å²) in [4.78, 5) is 0. The highest BCUT2D eigenvalue weighted by molar-refractivity contribution is 7.89. The van der Waals surface area contributed by atoms with Crippen LogP contribution in [0.1, 0.15) is 12.5 Å². The summed E-state index contributed by atoms with van der Waals surface area (Å²) in [5.41, 5.74) is 1.08. The Morgan fingerprint density at radius 1 is 1.41 bits per heavy atom. The number of nitrogens with one attached hydrogen (secondary N) is 2. The average Bonchev–Trinajstić information content (AvgIpc) is 2.64. The highest BCUT2D eigenvalue weighted by Crippen LogP contribution is 1.93. The predicted octanol–water partition coefficient (Wildman–Crippen LogP) is -0.129. The van der Waals surface area contributed by atoms with Crippen molar-refractivity contribution in [2.24, 2.45) is 7.05 Å². The maximum absolute atomic E-state index is 11.1. The Morgan fingerprint density at radius 3 is 2.65 bits per heavy atom. The molecule has 1 aromatic heterocycles. The highest BCUT2D eigenvalue weighted by atomic mass is 35.5. The van der Waals surface area contributed by atoms with E-state index >= 15 is 0 Å². The van der Waals surface area contributed by atoms with Crippen molar-refractivity contribution in [2.75, 3.05) is 18.8 Å². The molecule has 0 radical (unpaired) electrons. The molecule has 17 heavy (non-hydrogen) atoms. The molecule has 0 bridgehead atoms. The topological polar surface area (TPSA) is 76.0 Å². The summed E-state index contributed by atoms with van der Waals surface area (Å²) in [5, 5.41) is 7.16. The van der Waals surface area contributed by atoms with E-state index in [4.69, 9.17) is 0 Å². The van der Waals surface area contributed by atoms with Crippen molar-refractivity contribution in [3.63, 3.8) is 0 Å². The first kappa shape index (κ1) is 16.4. The third-order valence-corrected chi connectivity index (χ3v) is 3.50. The first-order valence-electron chi connectivity index (χ1n) is 5.19. The van der Waals surface area contributed by atoms with Crippen molar-refractivity contribution < 1.29 is 8.42 Å². The standard InChI is InChI=1S/C9H18N4O2S.ClH/c1-3-16(14,15)12-5-4-10-6-9-7-11-13(2)8-9;/h7-8,10,12H,3-6H2,1-2H3;1H. The lowest BCUT2D eigenvalue weighted by Crippen LogP contribution is -2.32. The van der Waals surface area contributed by atoms with Crippen LogP contribution in [0.15, 0.2) is 12.4 Å². The summed E-state index contributed by atoms with van der Waals surface area (Å²) in [6.45, 7) is 3.33. The first-order chi connectivity index (χ1) is 7.53. The maximum atomic E-state index is 11.1. The lowest BCUT2D eigenvalue weighted by molar-refractivity contribution is 0.577. The molecule has 1 aromatic rings. The monoisotopic (exact) mass is 282 g/mol. The van der Waals surface area contributed by atoms with Gasteiger partial charge >= 0.3 is 0 Å². The number of rotatable bonds is 7. The summed E-state index contributed by atoms with van der Waals surface area (Å²) in [6.07, 6.45) is 3.70. The Hall–Kier alpha value is -0.630. The van der Waals surface area contributed by atoms with Gasteiger partial charge in [-0.1, -0.05) is 0 Å². The Balaban J connectivity index is 0.00000256. The van der Waals surface area contributed by atoms with E-state index in [1.165, 1.54) is 0 Å². The average molecular weight is 283 g/mol. The van der Waals surface area contributed by atoms with Crippen molar-refractivity contribution in [1.82, 2.24) is 19.8 Å². The van der Waals surface area contributed by atoms with Crippen LogP contribution in [0, 0.1) is 0 Å². The van der Waals surface area contributed by atoms with Crippen LogP contribution in [0.5, 0.6) is 0 Å². The van der Waals surface area contributed by atoms with Crippen LogP contribution in [-0.4, -0.2) is 37.0 Å². The van der Waals surface area contributed by atoms with Crippen LogP contribution in [-0.2, 0) is 23.6 Å². The molecule has 0 aliphatic heterocycles. The minimum absolute atomic E-state index is 0. The largest absolute Gasteiger partial charge is 0.311 e. The molecule has 0 fully saturated rings. The van der Waals surface area contributed by atoms with E-state index in [0.717, 1.165) is 5.56 Å². The van der Waals surface area contributed by atoms with Crippen LogP contribution in [0.4, 0.5) is 0 Å². The van der Waals surface area contributed by atoms with Gasteiger partial charge in [0.25, 0.3) is 0 Å². The molecule has 0 spiro atoms. The smallest absolute Gasteiger partial charge is 0.211 e. The van der Waals surface area contributed by atoms with Gasteiger partial charge in [-0.15, -0.1) is 12.4 Å². The summed E-state index contributed by atoms with van der Waals surface area (Å²) in [5.74, 6) is 0.121. The molecule has 0 aliphatic rings. The Kier molecular flexibility index (Phi) is 7.37. The minimum Gasteiger partial charge on any atom is -0.311 e. The maximum Gasteiger partial charge on any atom is 0.211 e. The normalized spacial score (nSPS) is 11.2. The number of hydrogen-bond acceptors (Lipinski definition) is 4. The van der Waals surface area contributed by atoms with Crippen molar-refractivity contribution in [3.8, 4) is 0 Å². The van der Waals surface area contributed by atoms with Gasteiger partial charge in [-0.05, 0) is 6.92 Å². The molecule has 1 heterocycles. The fourth-order valence-electron chi connectivity index (χ4n) is 1.19. The fourth-order valence-corrected chi connectivity index (χ4v) is 1.81. The first-order valence-corrected chi connectivity index (χ1v) is 6.84. The zero-order valence-electron chi connectivity index (χ0n) is 10.0. The number of nitrogens with zero attached hydrogens (tertiary/aromatic N) is 2. The van der Waals surface area contributed by atoms with E-state index in [1.807, 2.05) is 13.2 Å². The molecule has 0 saturated heterocycles. The second-order valence-corrected chi connectivity index (χ2v) is 5.59. The second kappa shape index (κ2) is 7.65. The Labute approximate surface area is 108 Å². The van der Waals surface area contributed by atoms with Crippen LogP contribution in [0.25, 0.3) is 0 Å². The SMILES string of the molecule is CCS(=O)(=O)NCCNCc1cnn(C)c1.Cl. The summed E-state index contributed by atoms with van der Waals surface area (Å²) < 4.78 is 26.4. The fraction of sp³-hybridized carbons (Fsp3) is 0.667. The lowest BCUT2D eigenvalue weighted by Gasteiger charge is -2.05. The Bertz CT molecular complexity index is 418. The van der Waals surface area contributed by atoms with Crippen LogP contribution < -0.4 is 10.0 Å². The Morgan fingerprint density at radius 2 is 2.12 bits per heavy atom. The van der Waals surface area contributed by atoms with Crippen LogP contribution in [0.2, 0.25) is 0 Å². The van der Waals surface area contributed by atoms with Gasteiger partial charge < -0.3 is 5.32 Å². The number of aryl methyl sites for hydroxylation is 1. The number of aromatic nitrogens is 2. The molecule has 0 saturated carbocycles. The lowest BCUT2D eigenvalue weighted by atomic mass is 10.3. The van der Waals surface area contributed by atoms with E-state index < -0.39 is 10.0 Å². The molecular weight excluding hydrogens is 264 g/mol. The summed E-state index contributed by atoms with van der Waals surface area (Å²) in [7, 11) is -1.21. The molecule has 100 valence electrons. The van der Waals surface area contributed by atoms with E-state index in [1.54, 1.807) is 17.8 Å². The van der Waals surface area contributed by atoms with Crippen molar-refractivity contribution in [2.45, 2.75) is 13.5 Å². The number of hydrogen-bond donors (Lipinski definition) is 2. The highest BCUT2D eigenvalue weighted by Gasteiger charge is 2.04. The molecule has 0 atom stereocenters. The van der Waals surface area contributed by atoms with Gasteiger partial charge in [0.15, 0.2) is 0 Å². The molecule has 0 amide bonds. The van der Waals surface area contributed by atoms with Gasteiger partial charge in [-0.3, -0.25) is 4.68 Å². The van der Waals surface area contributed by atoms with Gasteiger partial charge in [0.2, 0.25) is 10.0 Å². The summed E-state index contributed by atoms with van der Waals surface area (Å²) >= 11 is 0. The second-order valence-electron chi connectivity index (χ2n) is 3.50. The van der Waals surface area contributed by atoms with E-state index in [9.17, 15) is 8.42 Å². The van der Waals surface area contributed by atoms with Gasteiger partial charge in [0, 0.05) is 38.4 Å². The van der Waals surface area contributed by atoms with Gasteiger partial charge in [-0.25, -0.2) is 13.1 Å². The number of halogens is 1. The van der Waals surface area contributed by atoms with Crippen molar-refractivity contribution >= 4 is 22.4 Å². The molecular formula is C9H19ClN4O2S. The van der Waals surface area contributed by atoms with Crippen LogP contribution in [0.3, 0.4) is 0 Å². The summed E-state index contributed by atoms with van der Waals surface area (Å²) in [6, 6.07) is 0. The molecule has 0 unspecified atom stereocenters. The predicted molar refractivity (Wildman–Crippen MR) is 69.6 cm³/mol. The van der Waals surface area contributed by atoms with Gasteiger partial charge in [0.1, 0.15) is 0 Å². The van der Waals surface area contributed by atoms with Gasteiger partial charge in [0.05, 0.1) is 11.9 Å². The third kappa shape index (κ3) is 6.62. The molecule has 0 aromatic carbocycles. The number of sulfonamides is 1. The molecule has 6 nitrogen and oxygen atoms in total. The minimum atomic E-state index is -3.07. The third-order valence-electron chi connectivity index (χ3n) is 2.09. The van der Waals surface area contributed by atoms with Crippen molar-refractivity contribution in [1.29, 1.82) is 0 Å². The van der Waals surface area contributed by atoms with Gasteiger partial charge in [-0.2, -0.15) is 5.10 Å². The van der Waals surface area contributed by atoms with Crippen molar-refractivity contribution in [3.05, 3.63) is 18.0 Å². The van der Waals surface area contributed by atoms with E-state index in [0.29, 0.717) is 19.6 Å². The zero-order chi connectivity index (χ0) is 12.0. The van der Waals surface area contributed by atoms with Crippen LogP contribution >= 0.6 is 12.4 Å². The molecule has 0 aliphatic carbocycles.